The summed E-state index contributed by atoms with van der Waals surface area (Å²) in [6, 6.07) is 7.80. The molecule has 0 fully saturated rings. The van der Waals surface area contributed by atoms with Crippen molar-refractivity contribution in [3.8, 4) is 0 Å². The Labute approximate surface area is 121 Å². The molecule has 110 valence electrons. The van der Waals surface area contributed by atoms with Gasteiger partial charge in [0.2, 0.25) is 11.8 Å². The van der Waals surface area contributed by atoms with Gasteiger partial charge in [-0.05, 0) is 31.4 Å². The highest BCUT2D eigenvalue weighted by molar-refractivity contribution is 5.94. The van der Waals surface area contributed by atoms with Crippen LogP contribution in [0, 0.1) is 0 Å². The van der Waals surface area contributed by atoms with E-state index in [4.69, 9.17) is 0 Å². The quantitative estimate of drug-likeness (QED) is 0.868. The fourth-order valence-corrected chi connectivity index (χ4v) is 2.09. The number of carbonyl (C=O) groups excluding carboxylic acids is 2. The molecule has 0 aliphatic carbocycles. The second-order valence-corrected chi connectivity index (χ2v) is 4.96. The molecular weight excluding hydrogens is 252 g/mol. The van der Waals surface area contributed by atoms with E-state index < -0.39 is 0 Å². The molecule has 1 aromatic rings. The number of nitrogens with one attached hydrogen (secondary N) is 1. The van der Waals surface area contributed by atoms with Gasteiger partial charge in [0.05, 0.1) is 0 Å². The number of aryl methyl sites for hydroxylation is 1. The van der Waals surface area contributed by atoms with Gasteiger partial charge in [0.1, 0.15) is 6.54 Å². The van der Waals surface area contributed by atoms with Gasteiger partial charge in [-0.3, -0.25) is 9.59 Å². The summed E-state index contributed by atoms with van der Waals surface area (Å²) in [4.78, 5) is 25.3. The lowest BCUT2D eigenvalue weighted by Crippen LogP contribution is -2.42. The number of carbonyl (C=O) groups is 2. The van der Waals surface area contributed by atoms with Crippen molar-refractivity contribution in [2.24, 2.45) is 0 Å². The number of amides is 2. The Morgan fingerprint density at radius 1 is 1.25 bits per heavy atom. The van der Waals surface area contributed by atoms with Crippen LogP contribution in [0.5, 0.6) is 0 Å². The van der Waals surface area contributed by atoms with Crippen LogP contribution >= 0.6 is 0 Å². The molecule has 0 aromatic heterocycles. The van der Waals surface area contributed by atoms with Crippen molar-refractivity contribution in [3.05, 3.63) is 29.8 Å². The smallest absolute Gasteiger partial charge is 0.244 e. The van der Waals surface area contributed by atoms with E-state index in [1.165, 1.54) is 6.92 Å². The summed E-state index contributed by atoms with van der Waals surface area (Å²) >= 11 is 0. The van der Waals surface area contributed by atoms with Gasteiger partial charge < -0.3 is 10.2 Å². The Morgan fingerprint density at radius 3 is 2.45 bits per heavy atom. The van der Waals surface area contributed by atoms with Gasteiger partial charge in [-0.1, -0.05) is 32.0 Å². The Balaban J connectivity index is 2.73. The molecule has 1 aromatic carbocycles. The highest BCUT2D eigenvalue weighted by atomic mass is 16.2. The summed E-state index contributed by atoms with van der Waals surface area (Å²) in [7, 11) is 0. The van der Waals surface area contributed by atoms with E-state index in [2.05, 4.69) is 5.32 Å². The molecule has 2 amide bonds. The predicted molar refractivity (Wildman–Crippen MR) is 81.6 cm³/mol. The molecule has 1 atom stereocenters. The van der Waals surface area contributed by atoms with E-state index in [9.17, 15) is 9.59 Å². The second kappa shape index (κ2) is 7.68. The molecule has 20 heavy (non-hydrogen) atoms. The summed E-state index contributed by atoms with van der Waals surface area (Å²) in [5.41, 5.74) is 1.92. The molecule has 0 spiro atoms. The third-order valence-corrected chi connectivity index (χ3v) is 3.51. The summed E-state index contributed by atoms with van der Waals surface area (Å²) in [5.74, 6) is -0.223. The van der Waals surface area contributed by atoms with E-state index in [-0.39, 0.29) is 24.4 Å². The maximum atomic E-state index is 12.1. The first-order chi connectivity index (χ1) is 9.49. The summed E-state index contributed by atoms with van der Waals surface area (Å²) in [6.45, 7) is 7.60. The summed E-state index contributed by atoms with van der Waals surface area (Å²) in [5, 5.41) is 2.89. The Bertz CT molecular complexity index is 471. The monoisotopic (exact) mass is 276 g/mol. The van der Waals surface area contributed by atoms with Gasteiger partial charge in [0.25, 0.3) is 0 Å². The number of anilines is 1. The van der Waals surface area contributed by atoms with E-state index in [0.29, 0.717) is 0 Å². The molecule has 0 heterocycles. The van der Waals surface area contributed by atoms with Crippen LogP contribution in [-0.4, -0.2) is 29.3 Å². The van der Waals surface area contributed by atoms with E-state index in [1.54, 1.807) is 4.90 Å². The van der Waals surface area contributed by atoms with Crippen molar-refractivity contribution in [2.75, 3.05) is 11.9 Å². The molecule has 1 unspecified atom stereocenters. The number of hydrogen-bond acceptors (Lipinski definition) is 2. The molecule has 0 saturated heterocycles. The molecule has 1 N–H and O–H groups in total. The molecule has 0 aliphatic rings. The normalized spacial score (nSPS) is 11.8. The first kappa shape index (κ1) is 16.2. The third kappa shape index (κ3) is 4.37. The van der Waals surface area contributed by atoms with Gasteiger partial charge in [-0.25, -0.2) is 0 Å². The van der Waals surface area contributed by atoms with Crippen molar-refractivity contribution in [1.29, 1.82) is 0 Å². The minimum Gasteiger partial charge on any atom is -0.331 e. The van der Waals surface area contributed by atoms with Crippen molar-refractivity contribution >= 4 is 17.5 Å². The minimum atomic E-state index is -0.151. The Hall–Kier alpha value is -1.84. The maximum absolute atomic E-state index is 12.1. The molecule has 0 radical (unpaired) electrons. The average molecular weight is 276 g/mol. The lowest BCUT2D eigenvalue weighted by Gasteiger charge is -2.26. The summed E-state index contributed by atoms with van der Waals surface area (Å²) in [6.07, 6.45) is 1.69. The highest BCUT2D eigenvalue weighted by Crippen LogP contribution is 2.15. The van der Waals surface area contributed by atoms with Crippen molar-refractivity contribution in [2.45, 2.75) is 46.6 Å². The van der Waals surface area contributed by atoms with Gasteiger partial charge in [0, 0.05) is 18.7 Å². The number of benzene rings is 1. The fourth-order valence-electron chi connectivity index (χ4n) is 2.09. The second-order valence-electron chi connectivity index (χ2n) is 4.96. The van der Waals surface area contributed by atoms with Gasteiger partial charge in [0.15, 0.2) is 0 Å². The zero-order chi connectivity index (χ0) is 15.1. The molecule has 4 nitrogen and oxygen atoms in total. The number of rotatable bonds is 6. The van der Waals surface area contributed by atoms with Crippen LogP contribution in [0.25, 0.3) is 0 Å². The molecule has 0 aliphatic heterocycles. The fraction of sp³-hybridized carbons (Fsp3) is 0.500. The zero-order valence-corrected chi connectivity index (χ0v) is 12.8. The average Bonchev–Trinajstić information content (AvgIpc) is 2.44. The van der Waals surface area contributed by atoms with Crippen LogP contribution in [0.4, 0.5) is 5.69 Å². The first-order valence-corrected chi connectivity index (χ1v) is 7.14. The lowest BCUT2D eigenvalue weighted by atomic mass is 10.1. The third-order valence-electron chi connectivity index (χ3n) is 3.51. The summed E-state index contributed by atoms with van der Waals surface area (Å²) < 4.78 is 0. The predicted octanol–water partition coefficient (Wildman–Crippen LogP) is 2.83. The van der Waals surface area contributed by atoms with Gasteiger partial charge in [-0.15, -0.1) is 0 Å². The van der Waals surface area contributed by atoms with Crippen molar-refractivity contribution in [1.82, 2.24) is 4.90 Å². The molecule has 4 heteroatoms. The van der Waals surface area contributed by atoms with Crippen LogP contribution in [0.1, 0.15) is 39.7 Å². The molecule has 0 bridgehead atoms. The van der Waals surface area contributed by atoms with Crippen LogP contribution in [0.3, 0.4) is 0 Å². The van der Waals surface area contributed by atoms with E-state index in [0.717, 1.165) is 24.1 Å². The largest absolute Gasteiger partial charge is 0.331 e. The van der Waals surface area contributed by atoms with Crippen LogP contribution in [0.15, 0.2) is 24.3 Å². The number of nitrogens with zero attached hydrogens (tertiary/aromatic N) is 1. The van der Waals surface area contributed by atoms with Gasteiger partial charge >= 0.3 is 0 Å². The highest BCUT2D eigenvalue weighted by Gasteiger charge is 2.18. The first-order valence-electron chi connectivity index (χ1n) is 7.14. The van der Waals surface area contributed by atoms with Crippen molar-refractivity contribution in [3.63, 3.8) is 0 Å². The molecule has 0 saturated carbocycles. The van der Waals surface area contributed by atoms with E-state index >= 15 is 0 Å². The Morgan fingerprint density at radius 2 is 1.90 bits per heavy atom. The standard InChI is InChI=1S/C16H24N2O2/c1-5-12(3)18(13(4)19)11-16(20)17-15-10-8-7-9-14(15)6-2/h7-10,12H,5-6,11H2,1-4H3,(H,17,20). The Kier molecular flexibility index (Phi) is 6.22. The minimum absolute atomic E-state index is 0.0691. The maximum Gasteiger partial charge on any atom is 0.244 e. The van der Waals surface area contributed by atoms with Crippen LogP contribution in [0.2, 0.25) is 0 Å². The van der Waals surface area contributed by atoms with Crippen molar-refractivity contribution < 1.29 is 9.59 Å². The molecular formula is C16H24N2O2. The van der Waals surface area contributed by atoms with Gasteiger partial charge in [-0.2, -0.15) is 0 Å². The number of para-hydroxylation sites is 1. The topological polar surface area (TPSA) is 49.4 Å². The SMILES string of the molecule is CCc1ccccc1NC(=O)CN(C(C)=O)C(C)CC. The van der Waals surface area contributed by atoms with E-state index in [1.807, 2.05) is 45.0 Å². The molecule has 1 rings (SSSR count). The number of hydrogen-bond donors (Lipinski definition) is 1. The zero-order valence-electron chi connectivity index (χ0n) is 12.8. The van der Waals surface area contributed by atoms with Crippen LogP contribution in [-0.2, 0) is 16.0 Å². The lowest BCUT2D eigenvalue weighted by molar-refractivity contribution is -0.134. The van der Waals surface area contributed by atoms with Crippen LogP contribution < -0.4 is 5.32 Å².